The highest BCUT2D eigenvalue weighted by molar-refractivity contribution is 6.32. The first-order valence-corrected chi connectivity index (χ1v) is 10.5. The third-order valence-electron chi connectivity index (χ3n) is 5.20. The van der Waals surface area contributed by atoms with Crippen LogP contribution in [0.25, 0.3) is 0 Å². The first-order chi connectivity index (χ1) is 15.9. The van der Waals surface area contributed by atoms with Crippen LogP contribution in [0, 0.1) is 17.1 Å². The quantitative estimate of drug-likeness (QED) is 0.506. The number of hydrogen-bond acceptors (Lipinski definition) is 6. The number of phenols is 1. The topological polar surface area (TPSA) is 97.7 Å². The van der Waals surface area contributed by atoms with Crippen LogP contribution in [-0.4, -0.2) is 11.7 Å². The molecule has 3 aromatic rings. The van der Waals surface area contributed by atoms with Gasteiger partial charge in [0.15, 0.2) is 11.5 Å². The van der Waals surface area contributed by atoms with Crippen LogP contribution in [0.15, 0.2) is 66.1 Å². The average Bonchev–Trinajstić information content (AvgIpc) is 2.78. The first kappa shape index (κ1) is 22.3. The Kier molecular flexibility index (Phi) is 6.29. The van der Waals surface area contributed by atoms with E-state index in [0.717, 1.165) is 0 Å². The van der Waals surface area contributed by atoms with Gasteiger partial charge in [0.2, 0.25) is 5.88 Å². The molecule has 1 heterocycles. The summed E-state index contributed by atoms with van der Waals surface area (Å²) in [6, 6.07) is 16.4. The van der Waals surface area contributed by atoms with E-state index >= 15 is 0 Å². The Morgan fingerprint density at radius 3 is 2.70 bits per heavy atom. The van der Waals surface area contributed by atoms with E-state index in [9.17, 15) is 14.8 Å². The van der Waals surface area contributed by atoms with Gasteiger partial charge in [-0.1, -0.05) is 35.9 Å². The summed E-state index contributed by atoms with van der Waals surface area (Å²) in [5.41, 5.74) is 7.84. The maximum Gasteiger partial charge on any atom is 0.205 e. The molecule has 1 atom stereocenters. The molecule has 33 heavy (non-hydrogen) atoms. The van der Waals surface area contributed by atoms with Gasteiger partial charge >= 0.3 is 0 Å². The molecule has 0 bridgehead atoms. The van der Waals surface area contributed by atoms with Gasteiger partial charge in [0, 0.05) is 17.2 Å². The molecular formula is C25H20ClFN2O4. The molecule has 3 N–H and O–H groups in total. The number of fused-ring (bicyclic) bond motifs is 1. The largest absolute Gasteiger partial charge is 0.508 e. The maximum absolute atomic E-state index is 14.0. The van der Waals surface area contributed by atoms with Crippen molar-refractivity contribution in [2.24, 2.45) is 5.73 Å². The Bertz CT molecular complexity index is 1290. The standard InChI is InChI=1S/C25H20ClFN2O4/c1-2-31-22-10-15(9-19(26)24(22)32-13-14-5-3-4-6-20(14)27)23-17-8-7-16(30)11-21(17)33-25(29)18(23)12-28/h3-11,23,30H,2,13,29H2,1H3/t23-/m0/s1. The molecule has 0 saturated carbocycles. The summed E-state index contributed by atoms with van der Waals surface area (Å²) < 4.78 is 31.2. The third-order valence-corrected chi connectivity index (χ3v) is 5.48. The van der Waals surface area contributed by atoms with Crippen molar-refractivity contribution in [3.63, 3.8) is 0 Å². The normalized spacial score (nSPS) is 14.8. The molecule has 3 aromatic carbocycles. The van der Waals surface area contributed by atoms with Crippen LogP contribution in [0.1, 0.15) is 29.5 Å². The number of ether oxygens (including phenoxy) is 3. The summed E-state index contributed by atoms with van der Waals surface area (Å²) in [5.74, 6) is -0.0927. The Balaban J connectivity index is 1.77. The number of rotatable bonds is 6. The van der Waals surface area contributed by atoms with E-state index in [2.05, 4.69) is 6.07 Å². The number of hydrogen-bond donors (Lipinski definition) is 2. The molecular weight excluding hydrogens is 447 g/mol. The van der Waals surface area contributed by atoms with E-state index in [1.165, 1.54) is 18.2 Å². The predicted molar refractivity (Wildman–Crippen MR) is 121 cm³/mol. The minimum absolute atomic E-state index is 0.00522. The van der Waals surface area contributed by atoms with E-state index in [1.54, 1.807) is 36.4 Å². The number of nitriles is 1. The Morgan fingerprint density at radius 2 is 1.97 bits per heavy atom. The van der Waals surface area contributed by atoms with Crippen LogP contribution < -0.4 is 19.9 Å². The molecule has 0 aliphatic carbocycles. The second-order valence-electron chi connectivity index (χ2n) is 7.29. The molecule has 0 fully saturated rings. The molecule has 0 aromatic heterocycles. The summed E-state index contributed by atoms with van der Waals surface area (Å²) in [7, 11) is 0. The lowest BCUT2D eigenvalue weighted by atomic mass is 9.83. The summed E-state index contributed by atoms with van der Waals surface area (Å²) in [4.78, 5) is 0. The Labute approximate surface area is 195 Å². The van der Waals surface area contributed by atoms with Gasteiger partial charge in [-0.2, -0.15) is 5.26 Å². The zero-order valence-electron chi connectivity index (χ0n) is 17.6. The Hall–Kier alpha value is -3.89. The van der Waals surface area contributed by atoms with E-state index in [1.807, 2.05) is 6.92 Å². The van der Waals surface area contributed by atoms with Gasteiger partial charge in [0.25, 0.3) is 0 Å². The van der Waals surface area contributed by atoms with E-state index < -0.39 is 5.92 Å². The van der Waals surface area contributed by atoms with Crippen LogP contribution in [0.3, 0.4) is 0 Å². The number of nitrogens with two attached hydrogens (primary N) is 1. The highest BCUT2D eigenvalue weighted by atomic mass is 35.5. The minimum atomic E-state index is -0.600. The zero-order valence-corrected chi connectivity index (χ0v) is 18.4. The molecule has 1 aliphatic rings. The second kappa shape index (κ2) is 9.31. The summed E-state index contributed by atoms with van der Waals surface area (Å²) >= 11 is 6.57. The molecule has 0 saturated heterocycles. The van der Waals surface area contributed by atoms with Crippen molar-refractivity contribution in [1.82, 2.24) is 0 Å². The van der Waals surface area contributed by atoms with Gasteiger partial charge < -0.3 is 25.1 Å². The molecule has 4 rings (SSSR count). The van der Waals surface area contributed by atoms with E-state index in [0.29, 0.717) is 34.8 Å². The van der Waals surface area contributed by atoms with E-state index in [4.69, 9.17) is 31.5 Å². The van der Waals surface area contributed by atoms with Crippen LogP contribution in [-0.2, 0) is 6.61 Å². The summed E-state index contributed by atoms with van der Waals surface area (Å²) in [6.45, 7) is 2.10. The first-order valence-electron chi connectivity index (χ1n) is 10.2. The fourth-order valence-electron chi connectivity index (χ4n) is 3.71. The van der Waals surface area contributed by atoms with Crippen LogP contribution in [0.2, 0.25) is 5.02 Å². The molecule has 168 valence electrons. The number of halogens is 2. The molecule has 8 heteroatoms. The second-order valence-corrected chi connectivity index (χ2v) is 7.70. The fourth-order valence-corrected chi connectivity index (χ4v) is 3.98. The van der Waals surface area contributed by atoms with Gasteiger partial charge in [-0.3, -0.25) is 0 Å². The van der Waals surface area contributed by atoms with Crippen LogP contribution >= 0.6 is 11.6 Å². The molecule has 6 nitrogen and oxygen atoms in total. The predicted octanol–water partition coefficient (Wildman–Crippen LogP) is 5.38. The van der Waals surface area contributed by atoms with Gasteiger partial charge in [-0.05, 0) is 36.8 Å². The van der Waals surface area contributed by atoms with Crippen molar-refractivity contribution in [1.29, 1.82) is 5.26 Å². The smallest absolute Gasteiger partial charge is 0.205 e. The lowest BCUT2D eigenvalue weighted by molar-refractivity contribution is 0.265. The van der Waals surface area contributed by atoms with E-state index in [-0.39, 0.29) is 40.4 Å². The van der Waals surface area contributed by atoms with Crippen molar-refractivity contribution >= 4 is 11.6 Å². The number of aromatic hydroxyl groups is 1. The SMILES string of the molecule is CCOc1cc([C@@H]2C(C#N)=C(N)Oc3cc(O)ccc32)cc(Cl)c1OCc1ccccc1F. The minimum Gasteiger partial charge on any atom is -0.508 e. The molecule has 0 radical (unpaired) electrons. The van der Waals surface area contributed by atoms with Gasteiger partial charge in [0.1, 0.15) is 35.6 Å². The number of allylic oxidation sites excluding steroid dienone is 1. The lowest BCUT2D eigenvalue weighted by Gasteiger charge is -2.27. The van der Waals surface area contributed by atoms with Crippen LogP contribution in [0.4, 0.5) is 4.39 Å². The van der Waals surface area contributed by atoms with Crippen molar-refractivity contribution in [3.8, 4) is 29.1 Å². The van der Waals surface area contributed by atoms with Gasteiger partial charge in [-0.15, -0.1) is 0 Å². The van der Waals surface area contributed by atoms with Gasteiger partial charge in [-0.25, -0.2) is 4.39 Å². The number of nitrogens with zero attached hydrogens (tertiary/aromatic N) is 1. The van der Waals surface area contributed by atoms with Crippen LogP contribution in [0.5, 0.6) is 23.0 Å². The fraction of sp³-hybridized carbons (Fsp3) is 0.160. The molecule has 0 unspecified atom stereocenters. The van der Waals surface area contributed by atoms with Crippen molar-refractivity contribution in [2.75, 3.05) is 6.61 Å². The third kappa shape index (κ3) is 4.38. The molecule has 0 amide bonds. The zero-order chi connectivity index (χ0) is 23.5. The lowest BCUT2D eigenvalue weighted by Crippen LogP contribution is -2.21. The average molecular weight is 467 g/mol. The van der Waals surface area contributed by atoms with Crippen molar-refractivity contribution < 1.29 is 23.7 Å². The highest BCUT2D eigenvalue weighted by Gasteiger charge is 2.32. The number of benzene rings is 3. The monoisotopic (exact) mass is 466 g/mol. The van der Waals surface area contributed by atoms with Crippen molar-refractivity contribution in [3.05, 3.63) is 93.6 Å². The molecule has 0 spiro atoms. The molecule has 1 aliphatic heterocycles. The summed E-state index contributed by atoms with van der Waals surface area (Å²) in [5, 5.41) is 19.8. The van der Waals surface area contributed by atoms with Crippen molar-refractivity contribution in [2.45, 2.75) is 19.4 Å². The summed E-state index contributed by atoms with van der Waals surface area (Å²) in [6.07, 6.45) is 0. The van der Waals surface area contributed by atoms with Gasteiger partial charge in [0.05, 0.1) is 17.5 Å². The number of phenolic OH excluding ortho intramolecular Hbond substituents is 1. The highest BCUT2D eigenvalue weighted by Crippen LogP contribution is 2.47. The maximum atomic E-state index is 14.0. The Morgan fingerprint density at radius 1 is 1.18 bits per heavy atom.